The number of rotatable bonds is 7. The highest BCUT2D eigenvalue weighted by Crippen LogP contribution is 2.32. The Bertz CT molecular complexity index is 320. The minimum atomic E-state index is 0.755. The van der Waals surface area contributed by atoms with E-state index >= 15 is 0 Å². The van der Waals surface area contributed by atoms with E-state index in [1.54, 1.807) is 0 Å². The summed E-state index contributed by atoms with van der Waals surface area (Å²) in [6.07, 6.45) is 4.08. The zero-order valence-electron chi connectivity index (χ0n) is 10.0. The zero-order chi connectivity index (χ0) is 11.2. The maximum atomic E-state index is 5.73. The van der Waals surface area contributed by atoms with Gasteiger partial charge in [0.05, 0.1) is 6.61 Å². The molecular formula is C14H21NO. The van der Waals surface area contributed by atoms with Crippen LogP contribution in [0.5, 0.6) is 0 Å². The molecule has 1 aliphatic carbocycles. The number of nitrogens with one attached hydrogen (secondary N) is 1. The van der Waals surface area contributed by atoms with Gasteiger partial charge in [0.15, 0.2) is 0 Å². The van der Waals surface area contributed by atoms with Crippen LogP contribution in [0.25, 0.3) is 0 Å². The van der Waals surface area contributed by atoms with Gasteiger partial charge in [0.25, 0.3) is 0 Å². The molecule has 0 aromatic heterocycles. The van der Waals surface area contributed by atoms with E-state index in [0.717, 1.165) is 25.7 Å². The molecule has 2 nitrogen and oxygen atoms in total. The van der Waals surface area contributed by atoms with Gasteiger partial charge in [0.1, 0.15) is 0 Å². The number of hydrogen-bond acceptors (Lipinski definition) is 2. The fourth-order valence-electron chi connectivity index (χ4n) is 1.90. The Balaban J connectivity index is 1.77. The van der Waals surface area contributed by atoms with Crippen molar-refractivity contribution >= 4 is 0 Å². The van der Waals surface area contributed by atoms with E-state index in [4.69, 9.17) is 4.74 Å². The molecule has 16 heavy (non-hydrogen) atoms. The largest absolute Gasteiger partial charge is 0.377 e. The fourth-order valence-corrected chi connectivity index (χ4v) is 1.90. The first-order valence-electron chi connectivity index (χ1n) is 6.19. The molecular weight excluding hydrogens is 198 g/mol. The molecule has 1 aromatic rings. The molecule has 88 valence electrons. The van der Waals surface area contributed by atoms with Crippen molar-refractivity contribution in [3.63, 3.8) is 0 Å². The van der Waals surface area contributed by atoms with Gasteiger partial charge in [0.2, 0.25) is 0 Å². The minimum Gasteiger partial charge on any atom is -0.377 e. The minimum absolute atomic E-state index is 0.755. The number of benzene rings is 1. The second-order valence-electron chi connectivity index (χ2n) is 4.58. The normalized spacial score (nSPS) is 15.3. The molecule has 2 rings (SSSR count). The molecule has 1 fully saturated rings. The predicted octanol–water partition coefficient (Wildman–Crippen LogP) is 2.72. The summed E-state index contributed by atoms with van der Waals surface area (Å²) in [6.45, 7) is 2.59. The number of hydrogen-bond donors (Lipinski definition) is 1. The van der Waals surface area contributed by atoms with Crippen molar-refractivity contribution in [1.82, 2.24) is 5.32 Å². The van der Waals surface area contributed by atoms with Crippen LogP contribution < -0.4 is 5.32 Å². The lowest BCUT2D eigenvalue weighted by Gasteiger charge is -2.09. The second kappa shape index (κ2) is 6.02. The van der Waals surface area contributed by atoms with Crippen molar-refractivity contribution in [2.24, 2.45) is 5.92 Å². The Morgan fingerprint density at radius 3 is 2.69 bits per heavy atom. The highest BCUT2D eigenvalue weighted by molar-refractivity contribution is 5.26. The monoisotopic (exact) mass is 219 g/mol. The van der Waals surface area contributed by atoms with Gasteiger partial charge in [-0.25, -0.2) is 0 Å². The summed E-state index contributed by atoms with van der Waals surface area (Å²) < 4.78 is 5.73. The standard InChI is InChI=1S/C14H21NO/c1-15-10-13-4-2-3-5-14(13)11-16-9-8-12-6-7-12/h2-5,12,15H,6-11H2,1H3. The van der Waals surface area contributed by atoms with E-state index in [1.165, 1.54) is 30.4 Å². The van der Waals surface area contributed by atoms with Gasteiger partial charge in [-0.1, -0.05) is 37.1 Å². The Morgan fingerprint density at radius 1 is 1.25 bits per heavy atom. The molecule has 0 heterocycles. The van der Waals surface area contributed by atoms with Crippen molar-refractivity contribution in [1.29, 1.82) is 0 Å². The average molecular weight is 219 g/mol. The van der Waals surface area contributed by atoms with E-state index in [0.29, 0.717) is 0 Å². The van der Waals surface area contributed by atoms with Crippen molar-refractivity contribution in [3.8, 4) is 0 Å². The summed E-state index contributed by atoms with van der Waals surface area (Å²) in [5.41, 5.74) is 2.66. The van der Waals surface area contributed by atoms with Crippen LogP contribution >= 0.6 is 0 Å². The fraction of sp³-hybridized carbons (Fsp3) is 0.571. The molecule has 1 saturated carbocycles. The van der Waals surface area contributed by atoms with Crippen LogP contribution in [-0.4, -0.2) is 13.7 Å². The lowest BCUT2D eigenvalue weighted by atomic mass is 10.1. The zero-order valence-corrected chi connectivity index (χ0v) is 10.0. The van der Waals surface area contributed by atoms with Crippen LogP contribution in [0.15, 0.2) is 24.3 Å². The van der Waals surface area contributed by atoms with Crippen LogP contribution in [0, 0.1) is 5.92 Å². The topological polar surface area (TPSA) is 21.3 Å². The molecule has 1 aromatic carbocycles. The van der Waals surface area contributed by atoms with E-state index in [9.17, 15) is 0 Å². The lowest BCUT2D eigenvalue weighted by Crippen LogP contribution is -2.08. The van der Waals surface area contributed by atoms with Crippen molar-refractivity contribution in [2.75, 3.05) is 13.7 Å². The van der Waals surface area contributed by atoms with Crippen molar-refractivity contribution < 1.29 is 4.74 Å². The molecule has 0 bridgehead atoms. The molecule has 2 heteroatoms. The van der Waals surface area contributed by atoms with Gasteiger partial charge in [-0.2, -0.15) is 0 Å². The summed E-state index contributed by atoms with van der Waals surface area (Å²) in [4.78, 5) is 0. The lowest BCUT2D eigenvalue weighted by molar-refractivity contribution is 0.114. The second-order valence-corrected chi connectivity index (χ2v) is 4.58. The van der Waals surface area contributed by atoms with Gasteiger partial charge in [-0.3, -0.25) is 0 Å². The van der Waals surface area contributed by atoms with E-state index in [2.05, 4.69) is 29.6 Å². The van der Waals surface area contributed by atoms with Crippen LogP contribution in [-0.2, 0) is 17.9 Å². The Morgan fingerprint density at radius 2 is 2.00 bits per heavy atom. The average Bonchev–Trinajstić information content (AvgIpc) is 3.11. The highest BCUT2D eigenvalue weighted by Gasteiger charge is 2.20. The van der Waals surface area contributed by atoms with Gasteiger partial charge in [-0.05, 0) is 30.5 Å². The summed E-state index contributed by atoms with van der Waals surface area (Å²) in [5, 5.41) is 3.19. The first-order valence-corrected chi connectivity index (χ1v) is 6.19. The molecule has 0 unspecified atom stereocenters. The molecule has 1 N–H and O–H groups in total. The third-order valence-corrected chi connectivity index (χ3v) is 3.11. The summed E-state index contributed by atoms with van der Waals surface area (Å²) in [6, 6.07) is 8.49. The van der Waals surface area contributed by atoms with Gasteiger partial charge in [0, 0.05) is 13.2 Å². The predicted molar refractivity (Wildman–Crippen MR) is 66.2 cm³/mol. The van der Waals surface area contributed by atoms with E-state index in [1.807, 2.05) is 7.05 Å². The van der Waals surface area contributed by atoms with Crippen LogP contribution in [0.3, 0.4) is 0 Å². The molecule has 0 amide bonds. The van der Waals surface area contributed by atoms with Crippen LogP contribution in [0.2, 0.25) is 0 Å². The maximum absolute atomic E-state index is 5.73. The maximum Gasteiger partial charge on any atom is 0.0720 e. The molecule has 0 aliphatic heterocycles. The van der Waals surface area contributed by atoms with Crippen LogP contribution in [0.4, 0.5) is 0 Å². The SMILES string of the molecule is CNCc1ccccc1COCCC1CC1. The van der Waals surface area contributed by atoms with E-state index in [-0.39, 0.29) is 0 Å². The Kier molecular flexibility index (Phi) is 4.37. The Labute approximate surface area is 98.0 Å². The first kappa shape index (κ1) is 11.6. The smallest absolute Gasteiger partial charge is 0.0720 e. The summed E-state index contributed by atoms with van der Waals surface area (Å²) in [5.74, 6) is 0.965. The van der Waals surface area contributed by atoms with Gasteiger partial charge in [-0.15, -0.1) is 0 Å². The quantitative estimate of drug-likeness (QED) is 0.712. The summed E-state index contributed by atoms with van der Waals surface area (Å²) >= 11 is 0. The molecule has 0 radical (unpaired) electrons. The molecule has 0 atom stereocenters. The third-order valence-electron chi connectivity index (χ3n) is 3.11. The molecule has 0 saturated heterocycles. The summed E-state index contributed by atoms with van der Waals surface area (Å²) in [7, 11) is 1.98. The van der Waals surface area contributed by atoms with E-state index < -0.39 is 0 Å². The highest BCUT2D eigenvalue weighted by atomic mass is 16.5. The van der Waals surface area contributed by atoms with Crippen LogP contribution in [0.1, 0.15) is 30.4 Å². The molecule has 0 spiro atoms. The Hall–Kier alpha value is -0.860. The van der Waals surface area contributed by atoms with Gasteiger partial charge < -0.3 is 10.1 Å². The van der Waals surface area contributed by atoms with Gasteiger partial charge >= 0.3 is 0 Å². The van der Waals surface area contributed by atoms with Crippen molar-refractivity contribution in [3.05, 3.63) is 35.4 Å². The molecule has 1 aliphatic rings. The third kappa shape index (κ3) is 3.62. The number of ether oxygens (including phenoxy) is 1. The van der Waals surface area contributed by atoms with Crippen molar-refractivity contribution in [2.45, 2.75) is 32.4 Å². The first-order chi connectivity index (χ1) is 7.90.